The molecule has 0 saturated heterocycles. The van der Waals surface area contributed by atoms with Crippen LogP contribution in [0.3, 0.4) is 0 Å². The molecule has 106 valence electrons. The Labute approximate surface area is 115 Å². The molecule has 0 aliphatic heterocycles. The summed E-state index contributed by atoms with van der Waals surface area (Å²) >= 11 is 0. The second-order valence-electron chi connectivity index (χ2n) is 4.61. The van der Waals surface area contributed by atoms with Gasteiger partial charge in [0.15, 0.2) is 0 Å². The van der Waals surface area contributed by atoms with Crippen molar-refractivity contribution in [2.75, 3.05) is 25.1 Å². The largest absolute Gasteiger partial charge is 0.397 e. The van der Waals surface area contributed by atoms with Crippen LogP contribution >= 0.6 is 0 Å². The van der Waals surface area contributed by atoms with E-state index in [1.54, 1.807) is 12.1 Å². The standard InChI is InChI=1S/C13H21N3O2S/c1-5-6-10(2)15-13-8-7-11(9-12(13)14)19(17,18)16(3)4/h5,7-10,15H,1,6,14H2,2-4H3. The number of hydrogen-bond acceptors (Lipinski definition) is 4. The van der Waals surface area contributed by atoms with Gasteiger partial charge in [-0.2, -0.15) is 0 Å². The van der Waals surface area contributed by atoms with Crippen LogP contribution in [0.2, 0.25) is 0 Å². The first-order valence-electron chi connectivity index (χ1n) is 5.98. The van der Waals surface area contributed by atoms with Gasteiger partial charge in [-0.3, -0.25) is 0 Å². The van der Waals surface area contributed by atoms with Gasteiger partial charge in [0.25, 0.3) is 0 Å². The summed E-state index contributed by atoms with van der Waals surface area (Å²) in [5.74, 6) is 0. The number of rotatable bonds is 6. The van der Waals surface area contributed by atoms with Crippen LogP contribution in [0.25, 0.3) is 0 Å². The number of nitrogens with one attached hydrogen (secondary N) is 1. The first-order chi connectivity index (χ1) is 8.78. The Morgan fingerprint density at radius 2 is 2.11 bits per heavy atom. The van der Waals surface area contributed by atoms with Gasteiger partial charge in [0.2, 0.25) is 10.0 Å². The summed E-state index contributed by atoms with van der Waals surface area (Å²) in [6, 6.07) is 4.90. The maximum Gasteiger partial charge on any atom is 0.242 e. The van der Waals surface area contributed by atoms with Crippen LogP contribution in [-0.4, -0.2) is 32.9 Å². The zero-order valence-corrected chi connectivity index (χ0v) is 12.4. The van der Waals surface area contributed by atoms with Gasteiger partial charge < -0.3 is 11.1 Å². The highest BCUT2D eigenvalue weighted by atomic mass is 32.2. The number of sulfonamides is 1. The first-order valence-corrected chi connectivity index (χ1v) is 7.42. The van der Waals surface area contributed by atoms with Crippen molar-refractivity contribution >= 4 is 21.4 Å². The summed E-state index contributed by atoms with van der Waals surface area (Å²) in [5, 5.41) is 3.21. The van der Waals surface area contributed by atoms with Crippen molar-refractivity contribution in [3.63, 3.8) is 0 Å². The highest BCUT2D eigenvalue weighted by Crippen LogP contribution is 2.24. The van der Waals surface area contributed by atoms with E-state index >= 15 is 0 Å². The number of benzene rings is 1. The van der Waals surface area contributed by atoms with E-state index in [2.05, 4.69) is 11.9 Å². The molecule has 1 atom stereocenters. The summed E-state index contributed by atoms with van der Waals surface area (Å²) in [5.41, 5.74) is 7.04. The van der Waals surface area contributed by atoms with Crippen molar-refractivity contribution < 1.29 is 8.42 Å². The van der Waals surface area contributed by atoms with Crippen LogP contribution in [0, 0.1) is 0 Å². The zero-order chi connectivity index (χ0) is 14.6. The molecule has 1 rings (SSSR count). The van der Waals surface area contributed by atoms with Crippen LogP contribution in [0.4, 0.5) is 11.4 Å². The molecule has 0 spiro atoms. The molecule has 6 heteroatoms. The minimum Gasteiger partial charge on any atom is -0.397 e. The molecule has 0 amide bonds. The van der Waals surface area contributed by atoms with Crippen molar-refractivity contribution in [1.82, 2.24) is 4.31 Å². The summed E-state index contributed by atoms with van der Waals surface area (Å²) in [7, 11) is -0.466. The summed E-state index contributed by atoms with van der Waals surface area (Å²) < 4.78 is 25.1. The molecule has 1 aromatic carbocycles. The Bertz CT molecular complexity index is 553. The van der Waals surface area contributed by atoms with Crippen LogP contribution in [0.5, 0.6) is 0 Å². The highest BCUT2D eigenvalue weighted by Gasteiger charge is 2.18. The molecule has 0 aliphatic carbocycles. The number of nitrogen functional groups attached to an aromatic ring is 1. The Balaban J connectivity index is 3.02. The molecule has 0 fully saturated rings. The normalized spacial score (nSPS) is 13.3. The predicted molar refractivity (Wildman–Crippen MR) is 79.6 cm³/mol. The van der Waals surface area contributed by atoms with Crippen molar-refractivity contribution in [2.24, 2.45) is 0 Å². The molecule has 3 N–H and O–H groups in total. The number of nitrogens with zero attached hydrogens (tertiary/aromatic N) is 1. The molecule has 0 bridgehead atoms. The molecule has 0 saturated carbocycles. The summed E-state index contributed by atoms with van der Waals surface area (Å²) in [6.07, 6.45) is 2.62. The van der Waals surface area contributed by atoms with Crippen molar-refractivity contribution in [3.8, 4) is 0 Å². The smallest absolute Gasteiger partial charge is 0.242 e. The summed E-state index contributed by atoms with van der Waals surface area (Å²) in [4.78, 5) is 0.192. The molecule has 0 radical (unpaired) electrons. The third kappa shape index (κ3) is 3.71. The quantitative estimate of drug-likeness (QED) is 0.617. The third-order valence-corrected chi connectivity index (χ3v) is 4.53. The lowest BCUT2D eigenvalue weighted by atomic mass is 10.2. The zero-order valence-electron chi connectivity index (χ0n) is 11.6. The predicted octanol–water partition coefficient (Wildman–Crippen LogP) is 1.90. The van der Waals surface area contributed by atoms with E-state index in [1.807, 2.05) is 13.0 Å². The summed E-state index contributed by atoms with van der Waals surface area (Å²) in [6.45, 7) is 5.68. The van der Waals surface area contributed by atoms with Crippen LogP contribution in [0.1, 0.15) is 13.3 Å². The molecule has 0 aliphatic rings. The fourth-order valence-corrected chi connectivity index (χ4v) is 2.56. The number of nitrogens with two attached hydrogens (primary N) is 1. The fourth-order valence-electron chi connectivity index (χ4n) is 1.62. The van der Waals surface area contributed by atoms with Crippen LogP contribution < -0.4 is 11.1 Å². The van der Waals surface area contributed by atoms with Crippen LogP contribution in [0.15, 0.2) is 35.7 Å². The van der Waals surface area contributed by atoms with Gasteiger partial charge in [-0.1, -0.05) is 6.08 Å². The first kappa shape index (κ1) is 15.5. The van der Waals surface area contributed by atoms with Gasteiger partial charge in [0.1, 0.15) is 0 Å². The monoisotopic (exact) mass is 283 g/mol. The average molecular weight is 283 g/mol. The lowest BCUT2D eigenvalue weighted by molar-refractivity contribution is 0.521. The van der Waals surface area contributed by atoms with Gasteiger partial charge in [-0.15, -0.1) is 6.58 Å². The average Bonchev–Trinajstić information content (AvgIpc) is 2.31. The highest BCUT2D eigenvalue weighted by molar-refractivity contribution is 7.89. The second-order valence-corrected chi connectivity index (χ2v) is 6.76. The van der Waals surface area contributed by atoms with E-state index in [0.717, 1.165) is 16.4 Å². The molecule has 1 aromatic rings. The molecule has 19 heavy (non-hydrogen) atoms. The maximum atomic E-state index is 12.0. The Morgan fingerprint density at radius 3 is 2.58 bits per heavy atom. The Morgan fingerprint density at radius 1 is 1.47 bits per heavy atom. The fraction of sp³-hybridized carbons (Fsp3) is 0.385. The van der Waals surface area contributed by atoms with Gasteiger partial charge in [-0.25, -0.2) is 12.7 Å². The molecular formula is C13H21N3O2S. The van der Waals surface area contributed by atoms with E-state index < -0.39 is 10.0 Å². The van der Waals surface area contributed by atoms with E-state index in [0.29, 0.717) is 5.69 Å². The minimum atomic E-state index is -3.45. The van der Waals surface area contributed by atoms with Gasteiger partial charge in [0, 0.05) is 20.1 Å². The molecule has 0 heterocycles. The molecule has 0 aromatic heterocycles. The van der Waals surface area contributed by atoms with Gasteiger partial charge in [-0.05, 0) is 31.5 Å². The molecule has 1 unspecified atom stereocenters. The second kappa shape index (κ2) is 6.08. The Hall–Kier alpha value is -1.53. The topological polar surface area (TPSA) is 75.4 Å². The Kier molecular flexibility index (Phi) is 4.97. The maximum absolute atomic E-state index is 12.0. The van der Waals surface area contributed by atoms with Crippen LogP contribution in [-0.2, 0) is 10.0 Å². The number of anilines is 2. The van der Waals surface area contributed by atoms with Gasteiger partial charge in [0.05, 0.1) is 16.3 Å². The van der Waals surface area contributed by atoms with E-state index in [1.165, 1.54) is 20.2 Å². The molecular weight excluding hydrogens is 262 g/mol. The minimum absolute atomic E-state index is 0.191. The van der Waals surface area contributed by atoms with E-state index in [-0.39, 0.29) is 10.9 Å². The van der Waals surface area contributed by atoms with E-state index in [4.69, 9.17) is 5.73 Å². The van der Waals surface area contributed by atoms with Gasteiger partial charge >= 0.3 is 0 Å². The van der Waals surface area contributed by atoms with Crippen molar-refractivity contribution in [2.45, 2.75) is 24.3 Å². The lowest BCUT2D eigenvalue weighted by Gasteiger charge is -2.17. The van der Waals surface area contributed by atoms with Crippen molar-refractivity contribution in [3.05, 3.63) is 30.9 Å². The van der Waals surface area contributed by atoms with E-state index in [9.17, 15) is 8.42 Å². The lowest BCUT2D eigenvalue weighted by Crippen LogP contribution is -2.22. The van der Waals surface area contributed by atoms with Crippen molar-refractivity contribution in [1.29, 1.82) is 0 Å². The number of hydrogen-bond donors (Lipinski definition) is 2. The molecule has 5 nitrogen and oxygen atoms in total. The third-order valence-electron chi connectivity index (χ3n) is 2.72. The SMILES string of the molecule is C=CCC(C)Nc1ccc(S(=O)(=O)N(C)C)cc1N.